The molecular weight excluding hydrogens is 124 g/mol. The van der Waals surface area contributed by atoms with E-state index in [0.717, 1.165) is 25.0 Å². The predicted octanol–water partition coefficient (Wildman–Crippen LogP) is 2.40. The highest BCUT2D eigenvalue weighted by atomic mass is 16.1. The van der Waals surface area contributed by atoms with Crippen molar-refractivity contribution in [3.63, 3.8) is 0 Å². The molecule has 1 atom stereocenters. The highest BCUT2D eigenvalue weighted by molar-refractivity contribution is 5.58. The first kappa shape index (κ1) is 7.77. The third-order valence-corrected chi connectivity index (χ3v) is 2.54. The highest BCUT2D eigenvalue weighted by Crippen LogP contribution is 2.40. The van der Waals surface area contributed by atoms with Gasteiger partial charge in [0, 0.05) is 5.41 Å². The summed E-state index contributed by atoms with van der Waals surface area (Å²) in [6.07, 6.45) is 5.94. The lowest BCUT2D eigenvalue weighted by atomic mass is 9.84. The van der Waals surface area contributed by atoms with Crippen LogP contribution in [0.5, 0.6) is 0 Å². The molecule has 1 aliphatic rings. The van der Waals surface area contributed by atoms with Crippen LogP contribution in [0.25, 0.3) is 0 Å². The van der Waals surface area contributed by atoms with Gasteiger partial charge in [-0.15, -0.1) is 0 Å². The standard InChI is InChI=1S/C9H16O/c1-3-9(2,7-10)6-8-4-5-8/h7-8H,3-6H2,1-2H3. The Morgan fingerprint density at radius 1 is 1.60 bits per heavy atom. The Bertz CT molecular complexity index is 127. The maximum atomic E-state index is 10.6. The minimum absolute atomic E-state index is 0.0127. The number of hydrogen-bond acceptors (Lipinski definition) is 1. The van der Waals surface area contributed by atoms with E-state index in [2.05, 4.69) is 13.8 Å². The molecule has 0 aromatic heterocycles. The number of carbonyl (C=O) groups is 1. The van der Waals surface area contributed by atoms with Crippen molar-refractivity contribution in [3.05, 3.63) is 0 Å². The number of rotatable bonds is 4. The molecule has 1 unspecified atom stereocenters. The minimum Gasteiger partial charge on any atom is -0.303 e. The van der Waals surface area contributed by atoms with Crippen molar-refractivity contribution < 1.29 is 4.79 Å². The molecule has 1 nitrogen and oxygen atoms in total. The van der Waals surface area contributed by atoms with Gasteiger partial charge in [-0.3, -0.25) is 0 Å². The topological polar surface area (TPSA) is 17.1 Å². The fraction of sp³-hybridized carbons (Fsp3) is 0.889. The van der Waals surface area contributed by atoms with E-state index in [1.165, 1.54) is 12.8 Å². The Hall–Kier alpha value is -0.330. The van der Waals surface area contributed by atoms with Crippen molar-refractivity contribution in [2.45, 2.75) is 39.5 Å². The van der Waals surface area contributed by atoms with Gasteiger partial charge in [0.1, 0.15) is 6.29 Å². The zero-order valence-corrected chi connectivity index (χ0v) is 6.89. The Morgan fingerprint density at radius 2 is 2.20 bits per heavy atom. The van der Waals surface area contributed by atoms with Gasteiger partial charge in [-0.25, -0.2) is 0 Å². The largest absolute Gasteiger partial charge is 0.303 e. The predicted molar refractivity (Wildman–Crippen MR) is 41.8 cm³/mol. The normalized spacial score (nSPS) is 23.8. The Morgan fingerprint density at radius 3 is 2.50 bits per heavy atom. The van der Waals surface area contributed by atoms with Gasteiger partial charge in [-0.05, 0) is 18.8 Å². The summed E-state index contributed by atoms with van der Waals surface area (Å²) in [7, 11) is 0. The molecule has 1 aliphatic carbocycles. The van der Waals surface area contributed by atoms with Crippen LogP contribution >= 0.6 is 0 Å². The summed E-state index contributed by atoms with van der Waals surface area (Å²) in [4.78, 5) is 10.6. The zero-order valence-electron chi connectivity index (χ0n) is 6.89. The molecule has 0 aliphatic heterocycles. The molecule has 0 radical (unpaired) electrons. The van der Waals surface area contributed by atoms with Crippen LogP contribution in [-0.4, -0.2) is 6.29 Å². The van der Waals surface area contributed by atoms with E-state index in [-0.39, 0.29) is 5.41 Å². The fourth-order valence-corrected chi connectivity index (χ4v) is 1.26. The van der Waals surface area contributed by atoms with E-state index in [0.29, 0.717) is 0 Å². The van der Waals surface area contributed by atoms with Gasteiger partial charge in [0.25, 0.3) is 0 Å². The zero-order chi connectivity index (χ0) is 7.61. The van der Waals surface area contributed by atoms with Gasteiger partial charge < -0.3 is 4.79 Å². The van der Waals surface area contributed by atoms with Crippen molar-refractivity contribution in [1.29, 1.82) is 0 Å². The lowest BCUT2D eigenvalue weighted by Crippen LogP contribution is -2.17. The Balaban J connectivity index is 2.36. The van der Waals surface area contributed by atoms with Crippen LogP contribution in [0.3, 0.4) is 0 Å². The van der Waals surface area contributed by atoms with Gasteiger partial charge in [-0.1, -0.05) is 26.7 Å². The minimum atomic E-state index is -0.0127. The Kier molecular flexibility index (Phi) is 2.12. The van der Waals surface area contributed by atoms with Gasteiger partial charge >= 0.3 is 0 Å². The van der Waals surface area contributed by atoms with Crippen LogP contribution in [0.4, 0.5) is 0 Å². The summed E-state index contributed by atoms with van der Waals surface area (Å²) in [5, 5.41) is 0. The van der Waals surface area contributed by atoms with Crippen molar-refractivity contribution >= 4 is 6.29 Å². The molecule has 0 amide bonds. The van der Waals surface area contributed by atoms with Crippen LogP contribution < -0.4 is 0 Å². The van der Waals surface area contributed by atoms with Crippen LogP contribution in [-0.2, 0) is 4.79 Å². The van der Waals surface area contributed by atoms with Crippen LogP contribution in [0.2, 0.25) is 0 Å². The average molecular weight is 140 g/mol. The molecule has 0 saturated heterocycles. The Labute approximate surface area is 62.8 Å². The van der Waals surface area contributed by atoms with E-state index in [1.807, 2.05) is 0 Å². The summed E-state index contributed by atoms with van der Waals surface area (Å²) >= 11 is 0. The molecule has 0 N–H and O–H groups in total. The summed E-state index contributed by atoms with van der Waals surface area (Å²) in [6, 6.07) is 0. The summed E-state index contributed by atoms with van der Waals surface area (Å²) < 4.78 is 0. The second kappa shape index (κ2) is 2.73. The number of aldehydes is 1. The summed E-state index contributed by atoms with van der Waals surface area (Å²) in [5.74, 6) is 0.871. The van der Waals surface area contributed by atoms with Crippen molar-refractivity contribution in [3.8, 4) is 0 Å². The third kappa shape index (κ3) is 1.83. The molecule has 0 aromatic carbocycles. The van der Waals surface area contributed by atoms with Gasteiger partial charge in [0.2, 0.25) is 0 Å². The molecule has 58 valence electrons. The maximum absolute atomic E-state index is 10.6. The fourth-order valence-electron chi connectivity index (χ4n) is 1.26. The maximum Gasteiger partial charge on any atom is 0.125 e. The quantitative estimate of drug-likeness (QED) is 0.548. The lowest BCUT2D eigenvalue weighted by Gasteiger charge is -2.19. The third-order valence-electron chi connectivity index (χ3n) is 2.54. The molecule has 0 heterocycles. The first-order valence-electron chi connectivity index (χ1n) is 4.16. The number of hydrogen-bond donors (Lipinski definition) is 0. The molecule has 1 fully saturated rings. The summed E-state index contributed by atoms with van der Waals surface area (Å²) in [5.41, 5.74) is -0.0127. The molecule has 1 rings (SSSR count). The van der Waals surface area contributed by atoms with Crippen LogP contribution in [0.1, 0.15) is 39.5 Å². The van der Waals surface area contributed by atoms with E-state index < -0.39 is 0 Å². The SMILES string of the molecule is CCC(C)(C=O)CC1CC1. The van der Waals surface area contributed by atoms with Crippen molar-refractivity contribution in [2.24, 2.45) is 11.3 Å². The molecular formula is C9H16O. The molecule has 10 heavy (non-hydrogen) atoms. The molecule has 0 bridgehead atoms. The van der Waals surface area contributed by atoms with Crippen LogP contribution in [0, 0.1) is 11.3 Å². The van der Waals surface area contributed by atoms with Gasteiger partial charge in [0.15, 0.2) is 0 Å². The van der Waals surface area contributed by atoms with E-state index >= 15 is 0 Å². The second-order valence-corrected chi connectivity index (χ2v) is 3.77. The van der Waals surface area contributed by atoms with E-state index in [4.69, 9.17) is 0 Å². The average Bonchev–Trinajstić information content (AvgIpc) is 2.72. The van der Waals surface area contributed by atoms with E-state index in [1.54, 1.807) is 0 Å². The summed E-state index contributed by atoms with van der Waals surface area (Å²) in [6.45, 7) is 4.16. The highest BCUT2D eigenvalue weighted by Gasteiger charge is 2.31. The van der Waals surface area contributed by atoms with Crippen molar-refractivity contribution in [1.82, 2.24) is 0 Å². The second-order valence-electron chi connectivity index (χ2n) is 3.77. The smallest absolute Gasteiger partial charge is 0.125 e. The molecule has 1 saturated carbocycles. The van der Waals surface area contributed by atoms with Crippen LogP contribution in [0.15, 0.2) is 0 Å². The molecule has 0 aromatic rings. The first-order valence-corrected chi connectivity index (χ1v) is 4.16. The van der Waals surface area contributed by atoms with Gasteiger partial charge in [-0.2, -0.15) is 0 Å². The molecule has 1 heteroatoms. The monoisotopic (exact) mass is 140 g/mol. The lowest BCUT2D eigenvalue weighted by molar-refractivity contribution is -0.116. The van der Waals surface area contributed by atoms with Crippen molar-refractivity contribution in [2.75, 3.05) is 0 Å². The number of carbonyl (C=O) groups excluding carboxylic acids is 1. The molecule has 0 spiro atoms. The van der Waals surface area contributed by atoms with E-state index in [9.17, 15) is 4.79 Å². The van der Waals surface area contributed by atoms with Gasteiger partial charge in [0.05, 0.1) is 0 Å². The first-order chi connectivity index (χ1) is 4.70.